The molecule has 0 aliphatic carbocycles. The van der Waals surface area contributed by atoms with Crippen molar-refractivity contribution in [3.8, 4) is 0 Å². The first-order chi connectivity index (χ1) is 12.2. The number of halogens is 3. The Hall–Kier alpha value is -2.51. The number of aromatic amines is 1. The quantitative estimate of drug-likeness (QED) is 0.871. The number of hydrogen-bond acceptors (Lipinski definition) is 2. The second-order valence-corrected chi connectivity index (χ2v) is 6.58. The highest BCUT2D eigenvalue weighted by atomic mass is 19.4. The number of aryl methyl sites for hydroxylation is 1. The summed E-state index contributed by atoms with van der Waals surface area (Å²) >= 11 is 0. The van der Waals surface area contributed by atoms with Crippen molar-refractivity contribution >= 4 is 22.8 Å². The van der Waals surface area contributed by atoms with Gasteiger partial charge < -0.3 is 15.0 Å². The minimum absolute atomic E-state index is 0.0654. The van der Waals surface area contributed by atoms with Gasteiger partial charge in [0, 0.05) is 30.2 Å². The van der Waals surface area contributed by atoms with Gasteiger partial charge in [-0.05, 0) is 17.5 Å². The van der Waals surface area contributed by atoms with Gasteiger partial charge in [-0.15, -0.1) is 0 Å². The van der Waals surface area contributed by atoms with Gasteiger partial charge >= 0.3 is 12.1 Å². The minimum atomic E-state index is -4.64. The van der Waals surface area contributed by atoms with Crippen LogP contribution in [-0.2, 0) is 22.4 Å². The number of nitrogens with zero attached hydrogens (tertiary/aromatic N) is 1. The third-order valence-electron chi connectivity index (χ3n) is 5.02. The molecule has 0 saturated carbocycles. The number of alkyl halides is 3. The van der Waals surface area contributed by atoms with Crippen molar-refractivity contribution in [2.45, 2.75) is 25.9 Å². The third-order valence-corrected chi connectivity index (χ3v) is 5.02. The van der Waals surface area contributed by atoms with E-state index in [4.69, 9.17) is 5.11 Å². The van der Waals surface area contributed by atoms with E-state index in [-0.39, 0.29) is 6.42 Å². The predicted octanol–water partition coefficient (Wildman–Crippen LogP) is 2.99. The zero-order chi connectivity index (χ0) is 19.1. The van der Waals surface area contributed by atoms with Crippen molar-refractivity contribution in [1.29, 1.82) is 0 Å². The highest BCUT2D eigenvalue weighted by Crippen LogP contribution is 2.38. The molecule has 2 heterocycles. The third kappa shape index (κ3) is 3.27. The molecule has 8 heteroatoms. The van der Waals surface area contributed by atoms with Crippen molar-refractivity contribution in [2.24, 2.45) is 11.8 Å². The van der Waals surface area contributed by atoms with E-state index in [0.29, 0.717) is 5.56 Å². The average molecular weight is 368 g/mol. The smallest absolute Gasteiger partial charge is 0.394 e. The van der Waals surface area contributed by atoms with Gasteiger partial charge in [-0.3, -0.25) is 9.59 Å². The number of para-hydroxylation sites is 1. The van der Waals surface area contributed by atoms with Crippen LogP contribution in [0.4, 0.5) is 13.2 Å². The Kier molecular flexibility index (Phi) is 4.68. The Balaban J connectivity index is 1.80. The van der Waals surface area contributed by atoms with E-state index in [1.165, 1.54) is 0 Å². The number of carboxylic acids is 1. The number of fused-ring (bicyclic) bond motifs is 1. The highest BCUT2D eigenvalue weighted by molar-refractivity contribution is 5.91. The maximum atomic E-state index is 13.1. The fourth-order valence-corrected chi connectivity index (χ4v) is 3.58. The van der Waals surface area contributed by atoms with Gasteiger partial charge in [0.05, 0.1) is 18.3 Å². The second kappa shape index (κ2) is 6.66. The molecule has 1 saturated heterocycles. The molecule has 1 amide bonds. The standard InChI is InChI=1S/C18H19F3N2O3/c1-2-10-4-3-5-12-11(7-22-16(10)12)6-15(24)23-8-13(17(25)26)14(9-23)18(19,20)21/h3-5,7,13-14,22H,2,6,8-9H2,1H3,(H,25,26)/t13-,14-/m1/s1. The molecule has 1 fully saturated rings. The Morgan fingerprint density at radius 3 is 2.58 bits per heavy atom. The summed E-state index contributed by atoms with van der Waals surface area (Å²) in [5, 5.41) is 9.92. The van der Waals surface area contributed by atoms with Crippen LogP contribution in [-0.4, -0.2) is 46.1 Å². The Morgan fingerprint density at radius 2 is 2.00 bits per heavy atom. The topological polar surface area (TPSA) is 73.4 Å². The summed E-state index contributed by atoms with van der Waals surface area (Å²) in [5.41, 5.74) is 2.70. The number of aromatic nitrogens is 1. The maximum absolute atomic E-state index is 13.1. The van der Waals surface area contributed by atoms with Crippen LogP contribution in [0.5, 0.6) is 0 Å². The van der Waals surface area contributed by atoms with Crippen LogP contribution in [0.3, 0.4) is 0 Å². The number of aliphatic carboxylic acids is 1. The van der Waals surface area contributed by atoms with Crippen LogP contribution in [0.1, 0.15) is 18.1 Å². The van der Waals surface area contributed by atoms with Crippen molar-refractivity contribution in [3.63, 3.8) is 0 Å². The van der Waals surface area contributed by atoms with E-state index in [1.54, 1.807) is 6.20 Å². The SMILES string of the molecule is CCc1cccc2c(CC(=O)N3C[C@@H](C(F)(F)F)[C@H](C(=O)O)C3)c[nH]c12. The lowest BCUT2D eigenvalue weighted by molar-refractivity contribution is -0.188. The second-order valence-electron chi connectivity index (χ2n) is 6.58. The molecule has 5 nitrogen and oxygen atoms in total. The normalized spacial score (nSPS) is 20.7. The van der Waals surface area contributed by atoms with E-state index in [1.807, 2.05) is 25.1 Å². The van der Waals surface area contributed by atoms with Crippen LogP contribution in [0.15, 0.2) is 24.4 Å². The lowest BCUT2D eigenvalue weighted by Gasteiger charge is -2.18. The zero-order valence-corrected chi connectivity index (χ0v) is 14.1. The zero-order valence-electron chi connectivity index (χ0n) is 14.1. The molecule has 1 aromatic heterocycles. The number of hydrogen-bond donors (Lipinski definition) is 2. The largest absolute Gasteiger partial charge is 0.481 e. The molecule has 0 unspecified atom stereocenters. The summed E-state index contributed by atoms with van der Waals surface area (Å²) in [6.45, 7) is 0.983. The Bertz CT molecular complexity index is 844. The lowest BCUT2D eigenvalue weighted by atomic mass is 9.96. The number of carboxylic acid groups (broad SMARTS) is 1. The molecule has 26 heavy (non-hydrogen) atoms. The fraction of sp³-hybridized carbons (Fsp3) is 0.444. The van der Waals surface area contributed by atoms with Gasteiger partial charge in [0.1, 0.15) is 0 Å². The van der Waals surface area contributed by atoms with Crippen LogP contribution in [0, 0.1) is 11.8 Å². The summed E-state index contributed by atoms with van der Waals surface area (Å²) in [5.74, 6) is -5.67. The molecule has 1 aliphatic heterocycles. The Morgan fingerprint density at radius 1 is 1.27 bits per heavy atom. The average Bonchev–Trinajstić information content (AvgIpc) is 3.19. The maximum Gasteiger partial charge on any atom is 0.394 e. The number of nitrogens with one attached hydrogen (secondary N) is 1. The first-order valence-electron chi connectivity index (χ1n) is 8.37. The summed E-state index contributed by atoms with van der Waals surface area (Å²) in [6.07, 6.45) is -2.21. The molecule has 1 aromatic carbocycles. The first kappa shape index (κ1) is 18.3. The van der Waals surface area contributed by atoms with Crippen molar-refractivity contribution in [3.05, 3.63) is 35.5 Å². The highest BCUT2D eigenvalue weighted by Gasteiger charge is 2.53. The molecule has 0 radical (unpaired) electrons. The molecule has 0 spiro atoms. The number of carbonyl (C=O) groups excluding carboxylic acids is 1. The van der Waals surface area contributed by atoms with Crippen LogP contribution in [0.2, 0.25) is 0 Å². The number of likely N-dealkylation sites (tertiary alicyclic amines) is 1. The van der Waals surface area contributed by atoms with E-state index < -0.39 is 43.0 Å². The molecule has 1 aliphatic rings. The minimum Gasteiger partial charge on any atom is -0.481 e. The summed E-state index contributed by atoms with van der Waals surface area (Å²) in [4.78, 5) is 27.8. The van der Waals surface area contributed by atoms with Gasteiger partial charge in [-0.1, -0.05) is 25.1 Å². The van der Waals surface area contributed by atoms with Crippen LogP contribution < -0.4 is 0 Å². The van der Waals surface area contributed by atoms with Crippen molar-refractivity contribution in [1.82, 2.24) is 9.88 Å². The first-order valence-corrected chi connectivity index (χ1v) is 8.37. The molecular weight excluding hydrogens is 349 g/mol. The lowest BCUT2D eigenvalue weighted by Crippen LogP contribution is -2.34. The van der Waals surface area contributed by atoms with E-state index in [9.17, 15) is 22.8 Å². The van der Waals surface area contributed by atoms with Crippen molar-refractivity contribution in [2.75, 3.05) is 13.1 Å². The van der Waals surface area contributed by atoms with Crippen molar-refractivity contribution < 1.29 is 27.9 Å². The number of H-pyrrole nitrogens is 1. The molecule has 2 N–H and O–H groups in total. The molecule has 2 aromatic rings. The number of rotatable bonds is 4. The molecular formula is C18H19F3N2O3. The monoisotopic (exact) mass is 368 g/mol. The van der Waals surface area contributed by atoms with Crippen LogP contribution >= 0.6 is 0 Å². The van der Waals surface area contributed by atoms with E-state index in [2.05, 4.69) is 4.98 Å². The fourth-order valence-electron chi connectivity index (χ4n) is 3.58. The molecule has 3 rings (SSSR count). The van der Waals surface area contributed by atoms with Gasteiger partial charge in [0.25, 0.3) is 0 Å². The summed E-state index contributed by atoms with van der Waals surface area (Å²) < 4.78 is 39.2. The Labute approximate surface area is 147 Å². The number of amides is 1. The van der Waals surface area contributed by atoms with Gasteiger partial charge in [-0.25, -0.2) is 0 Å². The molecule has 0 bridgehead atoms. The van der Waals surface area contributed by atoms with Gasteiger partial charge in [-0.2, -0.15) is 13.2 Å². The molecule has 2 atom stereocenters. The van der Waals surface area contributed by atoms with Gasteiger partial charge in [0.2, 0.25) is 5.91 Å². The summed E-state index contributed by atoms with van der Waals surface area (Å²) in [7, 11) is 0. The van der Waals surface area contributed by atoms with Gasteiger partial charge in [0.15, 0.2) is 0 Å². The molecule has 140 valence electrons. The van der Waals surface area contributed by atoms with E-state index in [0.717, 1.165) is 27.8 Å². The number of benzene rings is 1. The van der Waals surface area contributed by atoms with Crippen LogP contribution in [0.25, 0.3) is 10.9 Å². The number of carbonyl (C=O) groups is 2. The van der Waals surface area contributed by atoms with E-state index >= 15 is 0 Å². The predicted molar refractivity (Wildman–Crippen MR) is 88.6 cm³/mol. The summed E-state index contributed by atoms with van der Waals surface area (Å²) in [6, 6.07) is 5.70.